The van der Waals surface area contributed by atoms with E-state index < -0.39 is 6.09 Å². The summed E-state index contributed by atoms with van der Waals surface area (Å²) in [5.41, 5.74) is 7.41. The topological polar surface area (TPSA) is 100 Å². The van der Waals surface area contributed by atoms with Crippen LogP contribution in [0.25, 0.3) is 10.9 Å². The number of primary amides is 1. The first-order chi connectivity index (χ1) is 16.2. The standard InChI is InChI=1S/C24H24N6O2S/c25-23(31)32-22-21(33-18-5-2-1-3-6-18)19-15-17(7-8-20(19)28-22)16-29-11-13-30(14-12-29)24-26-9-4-10-27-24/h1-10,15,28H,11-14,16H2,(H2,25,31). The van der Waals surface area contributed by atoms with E-state index in [0.717, 1.165) is 59.4 Å². The molecule has 5 rings (SSSR count). The summed E-state index contributed by atoms with van der Waals surface area (Å²) < 4.78 is 5.28. The number of nitrogens with zero attached hydrogens (tertiary/aromatic N) is 4. The number of rotatable bonds is 6. The fraction of sp³-hybridized carbons (Fsp3) is 0.208. The summed E-state index contributed by atoms with van der Waals surface area (Å²) >= 11 is 1.55. The molecule has 1 saturated heterocycles. The molecule has 9 heteroatoms. The van der Waals surface area contributed by atoms with Gasteiger partial charge in [0.2, 0.25) is 11.8 Å². The van der Waals surface area contributed by atoms with Crippen LogP contribution >= 0.6 is 11.8 Å². The van der Waals surface area contributed by atoms with Crippen LogP contribution in [0.3, 0.4) is 0 Å². The van der Waals surface area contributed by atoms with Gasteiger partial charge in [-0.1, -0.05) is 36.0 Å². The molecule has 1 amide bonds. The van der Waals surface area contributed by atoms with Crippen LogP contribution in [0.5, 0.6) is 5.88 Å². The number of carbonyl (C=O) groups excluding carboxylic acids is 1. The Morgan fingerprint density at radius 1 is 1.03 bits per heavy atom. The number of nitrogens with one attached hydrogen (secondary N) is 1. The fourth-order valence-corrected chi connectivity index (χ4v) is 4.98. The molecule has 0 radical (unpaired) electrons. The first kappa shape index (κ1) is 21.3. The molecule has 3 N–H and O–H groups in total. The molecular weight excluding hydrogens is 436 g/mol. The summed E-state index contributed by atoms with van der Waals surface area (Å²) in [5.74, 6) is 1.16. The molecule has 8 nitrogen and oxygen atoms in total. The lowest BCUT2D eigenvalue weighted by Crippen LogP contribution is -2.46. The van der Waals surface area contributed by atoms with Gasteiger partial charge in [-0.15, -0.1) is 0 Å². The summed E-state index contributed by atoms with van der Waals surface area (Å²) in [4.78, 5) is 29.9. The molecule has 3 heterocycles. The van der Waals surface area contributed by atoms with E-state index in [2.05, 4.69) is 36.9 Å². The number of piperazine rings is 1. The number of anilines is 1. The third-order valence-corrected chi connectivity index (χ3v) is 6.68. The van der Waals surface area contributed by atoms with Crippen LogP contribution in [-0.2, 0) is 6.54 Å². The Kier molecular flexibility index (Phi) is 6.14. The van der Waals surface area contributed by atoms with Crippen LogP contribution in [0.1, 0.15) is 5.56 Å². The SMILES string of the molecule is NC(=O)Oc1[nH]c2ccc(CN3CCN(c4ncccn4)CC3)cc2c1Sc1ccccc1. The number of amides is 1. The van der Waals surface area contributed by atoms with Crippen LogP contribution < -0.4 is 15.4 Å². The summed E-state index contributed by atoms with van der Waals surface area (Å²) in [6, 6.07) is 18.1. The van der Waals surface area contributed by atoms with E-state index in [1.165, 1.54) is 5.56 Å². The third kappa shape index (κ3) is 4.94. The summed E-state index contributed by atoms with van der Waals surface area (Å²) in [7, 11) is 0. The van der Waals surface area contributed by atoms with Gasteiger partial charge >= 0.3 is 6.09 Å². The van der Waals surface area contributed by atoms with Crippen LogP contribution in [0.2, 0.25) is 0 Å². The van der Waals surface area contributed by atoms with E-state index in [4.69, 9.17) is 10.5 Å². The van der Waals surface area contributed by atoms with Crippen molar-refractivity contribution in [3.05, 3.63) is 72.6 Å². The average molecular weight is 461 g/mol. The molecule has 0 unspecified atom stereocenters. The fourth-order valence-electron chi connectivity index (χ4n) is 3.99. The predicted octanol–water partition coefficient (Wildman–Crippen LogP) is 3.89. The highest BCUT2D eigenvalue weighted by Crippen LogP contribution is 2.41. The van der Waals surface area contributed by atoms with Gasteiger partial charge in [-0.25, -0.2) is 14.8 Å². The molecule has 0 spiro atoms. The molecule has 2 aromatic carbocycles. The van der Waals surface area contributed by atoms with Gasteiger partial charge in [0.15, 0.2) is 0 Å². The average Bonchev–Trinajstić information content (AvgIpc) is 3.16. The highest BCUT2D eigenvalue weighted by Gasteiger charge is 2.20. The highest BCUT2D eigenvalue weighted by molar-refractivity contribution is 7.99. The minimum Gasteiger partial charge on any atom is -0.392 e. The maximum absolute atomic E-state index is 11.5. The van der Waals surface area contributed by atoms with Crippen molar-refractivity contribution >= 4 is 34.7 Å². The summed E-state index contributed by atoms with van der Waals surface area (Å²) in [5, 5.41) is 1.01. The van der Waals surface area contributed by atoms with Crippen molar-refractivity contribution in [3.63, 3.8) is 0 Å². The Bertz CT molecular complexity index is 1240. The summed E-state index contributed by atoms with van der Waals surface area (Å²) in [6.07, 6.45) is 2.72. The van der Waals surface area contributed by atoms with Crippen molar-refractivity contribution in [2.45, 2.75) is 16.3 Å². The molecule has 0 aliphatic carbocycles. The molecule has 1 fully saturated rings. The second-order valence-corrected chi connectivity index (χ2v) is 8.90. The quantitative estimate of drug-likeness (QED) is 0.450. The molecule has 4 aromatic rings. The molecule has 0 saturated carbocycles. The van der Waals surface area contributed by atoms with Gasteiger partial charge in [-0.2, -0.15) is 0 Å². The Morgan fingerprint density at radius 3 is 2.52 bits per heavy atom. The second kappa shape index (κ2) is 9.51. The van der Waals surface area contributed by atoms with Gasteiger partial charge in [0.25, 0.3) is 0 Å². The van der Waals surface area contributed by atoms with E-state index in [1.54, 1.807) is 24.2 Å². The van der Waals surface area contributed by atoms with Gasteiger partial charge in [-0.3, -0.25) is 4.90 Å². The number of hydrogen-bond acceptors (Lipinski definition) is 7. The molecule has 2 aromatic heterocycles. The van der Waals surface area contributed by atoms with E-state index in [1.807, 2.05) is 42.5 Å². The first-order valence-electron chi connectivity index (χ1n) is 10.7. The number of aromatic nitrogens is 3. The van der Waals surface area contributed by atoms with Crippen LogP contribution in [0, 0.1) is 0 Å². The number of ether oxygens (including phenoxy) is 1. The van der Waals surface area contributed by atoms with Gasteiger partial charge in [0.1, 0.15) is 0 Å². The maximum Gasteiger partial charge on any atom is 0.411 e. The lowest BCUT2D eigenvalue weighted by Gasteiger charge is -2.34. The number of aromatic amines is 1. The highest BCUT2D eigenvalue weighted by atomic mass is 32.2. The number of H-pyrrole nitrogens is 1. The van der Waals surface area contributed by atoms with Crippen LogP contribution in [0.4, 0.5) is 10.7 Å². The van der Waals surface area contributed by atoms with E-state index in [0.29, 0.717) is 5.88 Å². The van der Waals surface area contributed by atoms with Gasteiger partial charge < -0.3 is 20.4 Å². The number of hydrogen-bond donors (Lipinski definition) is 2. The summed E-state index contributed by atoms with van der Waals surface area (Å²) in [6.45, 7) is 4.49. The van der Waals surface area contributed by atoms with Crippen molar-refractivity contribution in [2.24, 2.45) is 5.73 Å². The van der Waals surface area contributed by atoms with E-state index >= 15 is 0 Å². The maximum atomic E-state index is 11.5. The Labute approximate surface area is 195 Å². The zero-order valence-corrected chi connectivity index (χ0v) is 18.8. The zero-order valence-electron chi connectivity index (χ0n) is 18.0. The molecule has 0 atom stereocenters. The van der Waals surface area contributed by atoms with Gasteiger partial charge in [0.05, 0.1) is 4.90 Å². The van der Waals surface area contributed by atoms with E-state index in [-0.39, 0.29) is 0 Å². The predicted molar refractivity (Wildman–Crippen MR) is 129 cm³/mol. The van der Waals surface area contributed by atoms with Crippen molar-refractivity contribution in [1.29, 1.82) is 0 Å². The van der Waals surface area contributed by atoms with Crippen molar-refractivity contribution < 1.29 is 9.53 Å². The number of carbonyl (C=O) groups is 1. The molecular formula is C24H24N6O2S. The Morgan fingerprint density at radius 2 is 1.79 bits per heavy atom. The first-order valence-corrected chi connectivity index (χ1v) is 11.6. The normalized spacial score (nSPS) is 14.5. The number of fused-ring (bicyclic) bond motifs is 1. The van der Waals surface area contributed by atoms with Crippen LogP contribution in [0.15, 0.2) is 76.8 Å². The second-order valence-electron chi connectivity index (χ2n) is 7.81. The molecule has 33 heavy (non-hydrogen) atoms. The van der Waals surface area contributed by atoms with Crippen molar-refractivity contribution in [1.82, 2.24) is 19.9 Å². The van der Waals surface area contributed by atoms with Crippen molar-refractivity contribution in [3.8, 4) is 5.88 Å². The number of nitrogens with two attached hydrogens (primary N) is 1. The number of benzene rings is 2. The lowest BCUT2D eigenvalue weighted by molar-refractivity contribution is 0.208. The van der Waals surface area contributed by atoms with Crippen molar-refractivity contribution in [2.75, 3.05) is 31.1 Å². The molecule has 1 aliphatic heterocycles. The third-order valence-electron chi connectivity index (χ3n) is 5.56. The Balaban J connectivity index is 1.35. The van der Waals surface area contributed by atoms with Crippen LogP contribution in [-0.4, -0.2) is 52.1 Å². The zero-order chi connectivity index (χ0) is 22.6. The smallest absolute Gasteiger partial charge is 0.392 e. The largest absolute Gasteiger partial charge is 0.411 e. The minimum absolute atomic E-state index is 0.375. The minimum atomic E-state index is -0.836. The van der Waals surface area contributed by atoms with Gasteiger partial charge in [0, 0.05) is 60.9 Å². The van der Waals surface area contributed by atoms with Gasteiger partial charge in [-0.05, 0) is 35.9 Å². The van der Waals surface area contributed by atoms with E-state index in [9.17, 15) is 4.79 Å². The molecule has 1 aliphatic rings. The lowest BCUT2D eigenvalue weighted by atomic mass is 10.1. The monoisotopic (exact) mass is 460 g/mol. The Hall–Kier alpha value is -3.56. The molecule has 168 valence electrons. The molecule has 0 bridgehead atoms.